The molecule has 0 amide bonds. The molecule has 0 rings (SSSR count). The van der Waals surface area contributed by atoms with Crippen molar-refractivity contribution >= 4 is 11.9 Å². The Morgan fingerprint density at radius 1 is 0.696 bits per heavy atom. The van der Waals surface area contributed by atoms with Crippen molar-refractivity contribution in [1.29, 1.82) is 0 Å². The van der Waals surface area contributed by atoms with Crippen molar-refractivity contribution in [1.82, 2.24) is 10.6 Å². The van der Waals surface area contributed by atoms with Crippen LogP contribution in [0.15, 0.2) is 0 Å². The van der Waals surface area contributed by atoms with Gasteiger partial charge in [0, 0.05) is 0 Å². The second kappa shape index (κ2) is 14.4. The standard InChI is InChI=1S/C15H32N4O4/c16-12(14(20)21)6-1-3-8-18-10-5-11-19-9-4-2-7-13(17)15(22)23/h12-13,18-19H,1-11,16-17H2,(H,20,21)(H,22,23)/t12-,13-/m0/s1. The summed E-state index contributed by atoms with van der Waals surface area (Å²) < 4.78 is 0. The van der Waals surface area contributed by atoms with Gasteiger partial charge in [-0.1, -0.05) is 12.8 Å². The second-order valence-electron chi connectivity index (χ2n) is 5.73. The van der Waals surface area contributed by atoms with E-state index in [1.807, 2.05) is 0 Å². The largest absolute Gasteiger partial charge is 0.480 e. The molecule has 0 aliphatic rings. The number of rotatable bonds is 16. The molecule has 0 saturated carbocycles. The number of carboxylic acid groups (broad SMARTS) is 2. The minimum atomic E-state index is -0.936. The van der Waals surface area contributed by atoms with E-state index in [0.29, 0.717) is 12.8 Å². The summed E-state index contributed by atoms with van der Waals surface area (Å²) in [4.78, 5) is 21.0. The van der Waals surface area contributed by atoms with Crippen molar-refractivity contribution in [2.24, 2.45) is 11.5 Å². The highest BCUT2D eigenvalue weighted by molar-refractivity contribution is 5.73. The molecule has 0 aliphatic heterocycles. The van der Waals surface area contributed by atoms with E-state index >= 15 is 0 Å². The molecular weight excluding hydrogens is 300 g/mol. The maximum atomic E-state index is 10.5. The zero-order valence-electron chi connectivity index (χ0n) is 13.8. The molecule has 2 atom stereocenters. The molecule has 0 bridgehead atoms. The molecule has 0 heterocycles. The lowest BCUT2D eigenvalue weighted by Crippen LogP contribution is -2.30. The highest BCUT2D eigenvalue weighted by Crippen LogP contribution is 1.99. The van der Waals surface area contributed by atoms with Crippen LogP contribution in [0.5, 0.6) is 0 Å². The summed E-state index contributed by atoms with van der Waals surface area (Å²) in [6.07, 6.45) is 5.54. The van der Waals surface area contributed by atoms with Gasteiger partial charge >= 0.3 is 11.9 Å². The first kappa shape index (κ1) is 21.8. The van der Waals surface area contributed by atoms with Crippen LogP contribution >= 0.6 is 0 Å². The molecule has 0 aromatic carbocycles. The molecule has 0 aromatic heterocycles. The molecule has 0 saturated heterocycles. The number of hydrogen-bond donors (Lipinski definition) is 6. The first-order valence-corrected chi connectivity index (χ1v) is 8.33. The zero-order valence-corrected chi connectivity index (χ0v) is 13.8. The number of hydrogen-bond acceptors (Lipinski definition) is 6. The predicted molar refractivity (Wildman–Crippen MR) is 89.3 cm³/mol. The molecule has 23 heavy (non-hydrogen) atoms. The van der Waals surface area contributed by atoms with Gasteiger partial charge in [-0.2, -0.15) is 0 Å². The lowest BCUT2D eigenvalue weighted by atomic mass is 10.1. The van der Waals surface area contributed by atoms with E-state index in [2.05, 4.69) is 10.6 Å². The summed E-state index contributed by atoms with van der Waals surface area (Å²) in [6, 6.07) is -1.49. The third-order valence-electron chi connectivity index (χ3n) is 3.58. The Bertz CT molecular complexity index is 299. The fraction of sp³-hybridized carbons (Fsp3) is 0.867. The molecule has 0 unspecified atom stereocenters. The van der Waals surface area contributed by atoms with E-state index in [1.54, 1.807) is 0 Å². The smallest absolute Gasteiger partial charge is 0.320 e. The van der Waals surface area contributed by atoms with Crippen LogP contribution in [0.1, 0.15) is 44.9 Å². The fourth-order valence-electron chi connectivity index (χ4n) is 2.06. The number of aliphatic carboxylic acids is 2. The summed E-state index contributed by atoms with van der Waals surface area (Å²) in [7, 11) is 0. The maximum absolute atomic E-state index is 10.5. The molecule has 8 nitrogen and oxygen atoms in total. The molecule has 8 N–H and O–H groups in total. The Hall–Kier alpha value is -1.22. The summed E-state index contributed by atoms with van der Waals surface area (Å²) in [5.41, 5.74) is 10.8. The Kier molecular flexibility index (Phi) is 13.6. The summed E-state index contributed by atoms with van der Waals surface area (Å²) in [5.74, 6) is -1.87. The van der Waals surface area contributed by atoms with Crippen LogP contribution in [0.4, 0.5) is 0 Å². The molecule has 0 radical (unpaired) electrons. The van der Waals surface area contributed by atoms with Crippen LogP contribution in [0.2, 0.25) is 0 Å². The van der Waals surface area contributed by atoms with Crippen LogP contribution in [-0.4, -0.2) is 60.4 Å². The number of unbranched alkanes of at least 4 members (excludes halogenated alkanes) is 2. The third-order valence-corrected chi connectivity index (χ3v) is 3.58. The van der Waals surface area contributed by atoms with Crippen LogP contribution < -0.4 is 22.1 Å². The summed E-state index contributed by atoms with van der Waals surface area (Å²) in [5, 5.41) is 23.9. The predicted octanol–water partition coefficient (Wildman–Crippen LogP) is -0.280. The monoisotopic (exact) mass is 332 g/mol. The van der Waals surface area contributed by atoms with Gasteiger partial charge in [-0.3, -0.25) is 9.59 Å². The van der Waals surface area contributed by atoms with Crippen molar-refractivity contribution in [2.75, 3.05) is 26.2 Å². The minimum absolute atomic E-state index is 0.518. The molecule has 8 heteroatoms. The Morgan fingerprint density at radius 3 is 1.39 bits per heavy atom. The van der Waals surface area contributed by atoms with Crippen molar-refractivity contribution in [3.8, 4) is 0 Å². The van der Waals surface area contributed by atoms with E-state index < -0.39 is 24.0 Å². The Morgan fingerprint density at radius 2 is 1.04 bits per heavy atom. The van der Waals surface area contributed by atoms with Crippen LogP contribution in [0.25, 0.3) is 0 Å². The van der Waals surface area contributed by atoms with Gasteiger partial charge in [-0.05, 0) is 58.3 Å². The van der Waals surface area contributed by atoms with E-state index in [4.69, 9.17) is 21.7 Å². The number of nitrogens with two attached hydrogens (primary N) is 2. The summed E-state index contributed by atoms with van der Waals surface area (Å²) >= 11 is 0. The average molecular weight is 332 g/mol. The second-order valence-corrected chi connectivity index (χ2v) is 5.73. The van der Waals surface area contributed by atoms with Crippen LogP contribution in [-0.2, 0) is 9.59 Å². The first-order chi connectivity index (χ1) is 10.9. The van der Waals surface area contributed by atoms with Gasteiger partial charge in [0.2, 0.25) is 0 Å². The highest BCUT2D eigenvalue weighted by atomic mass is 16.4. The van der Waals surface area contributed by atoms with Crippen molar-refractivity contribution in [3.63, 3.8) is 0 Å². The van der Waals surface area contributed by atoms with E-state index in [0.717, 1.165) is 58.3 Å². The van der Waals surface area contributed by atoms with Crippen molar-refractivity contribution in [2.45, 2.75) is 57.0 Å². The molecule has 0 spiro atoms. The van der Waals surface area contributed by atoms with Crippen LogP contribution in [0, 0.1) is 0 Å². The van der Waals surface area contributed by atoms with Crippen LogP contribution in [0.3, 0.4) is 0 Å². The average Bonchev–Trinajstić information content (AvgIpc) is 2.50. The van der Waals surface area contributed by atoms with Gasteiger partial charge in [-0.15, -0.1) is 0 Å². The third kappa shape index (κ3) is 14.1. The summed E-state index contributed by atoms with van der Waals surface area (Å²) in [6.45, 7) is 3.59. The number of carbonyl (C=O) groups is 2. The van der Waals surface area contributed by atoms with Gasteiger partial charge < -0.3 is 32.3 Å². The van der Waals surface area contributed by atoms with Gasteiger partial charge in [-0.25, -0.2) is 0 Å². The van der Waals surface area contributed by atoms with Gasteiger partial charge in [0.25, 0.3) is 0 Å². The molecule has 136 valence electrons. The zero-order chi connectivity index (χ0) is 17.5. The Balaban J connectivity index is 3.16. The van der Waals surface area contributed by atoms with Gasteiger partial charge in [0.15, 0.2) is 0 Å². The lowest BCUT2D eigenvalue weighted by molar-refractivity contribution is -0.139. The number of carboxylic acids is 2. The lowest BCUT2D eigenvalue weighted by Gasteiger charge is -2.08. The Labute approximate surface area is 138 Å². The van der Waals surface area contributed by atoms with Gasteiger partial charge in [0.1, 0.15) is 12.1 Å². The minimum Gasteiger partial charge on any atom is -0.480 e. The first-order valence-electron chi connectivity index (χ1n) is 8.33. The molecule has 0 aliphatic carbocycles. The SMILES string of the molecule is N[C@@H](CCCCNCCCNCCCC[C@H](N)C(=O)O)C(=O)O. The topological polar surface area (TPSA) is 151 Å². The quantitative estimate of drug-likeness (QED) is 0.211. The fourth-order valence-corrected chi connectivity index (χ4v) is 2.06. The van der Waals surface area contributed by atoms with E-state index in [9.17, 15) is 9.59 Å². The van der Waals surface area contributed by atoms with E-state index in [1.165, 1.54) is 0 Å². The highest BCUT2D eigenvalue weighted by Gasteiger charge is 2.10. The van der Waals surface area contributed by atoms with E-state index in [-0.39, 0.29) is 0 Å². The number of nitrogens with one attached hydrogen (secondary N) is 2. The maximum Gasteiger partial charge on any atom is 0.320 e. The molecular formula is C15H32N4O4. The normalized spacial score (nSPS) is 13.7. The van der Waals surface area contributed by atoms with Gasteiger partial charge in [0.05, 0.1) is 0 Å². The molecule has 0 aromatic rings. The van der Waals surface area contributed by atoms with Crippen molar-refractivity contribution < 1.29 is 19.8 Å². The molecule has 0 fully saturated rings. The van der Waals surface area contributed by atoms with Crippen molar-refractivity contribution in [3.05, 3.63) is 0 Å².